The third kappa shape index (κ3) is 5.18. The van der Waals surface area contributed by atoms with Gasteiger partial charge in [0.05, 0.1) is 0 Å². The van der Waals surface area contributed by atoms with Crippen molar-refractivity contribution in [3.8, 4) is 0 Å². The second-order valence-corrected chi connectivity index (χ2v) is 6.35. The number of amides is 2. The zero-order valence-electron chi connectivity index (χ0n) is 15.1. The molecule has 2 aromatic carbocycles. The third-order valence-corrected chi connectivity index (χ3v) is 4.53. The first-order valence-electron chi connectivity index (χ1n) is 8.71. The standard InChI is InChI=1S/C21H26N2O2/c1-4-15(2)19(23-20(24)17-11-6-5-7-12-17)21(25)22-14-18-13-9-8-10-16(18)3/h5-13,15,19H,4,14H2,1-3H3,(H,22,25)(H,23,24). The minimum Gasteiger partial charge on any atom is -0.350 e. The highest BCUT2D eigenvalue weighted by Crippen LogP contribution is 2.11. The number of nitrogens with one attached hydrogen (secondary N) is 2. The van der Waals surface area contributed by atoms with E-state index in [1.165, 1.54) is 0 Å². The minimum absolute atomic E-state index is 0.0459. The average Bonchev–Trinajstić information content (AvgIpc) is 2.65. The first-order valence-corrected chi connectivity index (χ1v) is 8.71. The van der Waals surface area contributed by atoms with Crippen LogP contribution < -0.4 is 10.6 Å². The number of aryl methyl sites for hydroxylation is 1. The van der Waals surface area contributed by atoms with Crippen molar-refractivity contribution in [2.24, 2.45) is 5.92 Å². The topological polar surface area (TPSA) is 58.2 Å². The molecule has 132 valence electrons. The van der Waals surface area contributed by atoms with Crippen LogP contribution in [0.1, 0.15) is 41.8 Å². The van der Waals surface area contributed by atoms with E-state index in [-0.39, 0.29) is 17.7 Å². The molecule has 0 aliphatic rings. The van der Waals surface area contributed by atoms with Crippen molar-refractivity contribution >= 4 is 11.8 Å². The zero-order valence-corrected chi connectivity index (χ0v) is 15.1. The highest BCUT2D eigenvalue weighted by molar-refractivity contribution is 5.97. The predicted molar refractivity (Wildman–Crippen MR) is 100 cm³/mol. The number of carbonyl (C=O) groups excluding carboxylic acids is 2. The van der Waals surface area contributed by atoms with Crippen molar-refractivity contribution in [3.63, 3.8) is 0 Å². The van der Waals surface area contributed by atoms with Gasteiger partial charge in [-0.3, -0.25) is 9.59 Å². The maximum Gasteiger partial charge on any atom is 0.251 e. The monoisotopic (exact) mass is 338 g/mol. The van der Waals surface area contributed by atoms with Crippen LogP contribution in [-0.4, -0.2) is 17.9 Å². The summed E-state index contributed by atoms with van der Waals surface area (Å²) in [6.45, 7) is 6.47. The van der Waals surface area contributed by atoms with E-state index in [1.807, 2.05) is 63.2 Å². The maximum atomic E-state index is 12.7. The van der Waals surface area contributed by atoms with Gasteiger partial charge in [-0.1, -0.05) is 62.7 Å². The van der Waals surface area contributed by atoms with Crippen molar-refractivity contribution in [1.82, 2.24) is 10.6 Å². The molecule has 0 aliphatic carbocycles. The second-order valence-electron chi connectivity index (χ2n) is 6.35. The van der Waals surface area contributed by atoms with Gasteiger partial charge in [0.2, 0.25) is 5.91 Å². The molecule has 0 heterocycles. The zero-order chi connectivity index (χ0) is 18.2. The van der Waals surface area contributed by atoms with E-state index in [9.17, 15) is 9.59 Å². The lowest BCUT2D eigenvalue weighted by Gasteiger charge is -2.24. The van der Waals surface area contributed by atoms with Crippen LogP contribution in [-0.2, 0) is 11.3 Å². The van der Waals surface area contributed by atoms with Crippen LogP contribution in [0, 0.1) is 12.8 Å². The van der Waals surface area contributed by atoms with Gasteiger partial charge < -0.3 is 10.6 Å². The minimum atomic E-state index is -0.554. The van der Waals surface area contributed by atoms with Crippen LogP contribution in [0.4, 0.5) is 0 Å². The fourth-order valence-electron chi connectivity index (χ4n) is 2.62. The molecule has 0 aliphatic heterocycles. The van der Waals surface area contributed by atoms with Crippen molar-refractivity contribution in [2.75, 3.05) is 0 Å². The van der Waals surface area contributed by atoms with E-state index in [0.717, 1.165) is 17.5 Å². The molecule has 0 bridgehead atoms. The summed E-state index contributed by atoms with van der Waals surface area (Å²) in [5.74, 6) is -0.330. The van der Waals surface area contributed by atoms with Gasteiger partial charge >= 0.3 is 0 Å². The van der Waals surface area contributed by atoms with Gasteiger partial charge in [-0.2, -0.15) is 0 Å². The summed E-state index contributed by atoms with van der Waals surface area (Å²) in [7, 11) is 0. The fraction of sp³-hybridized carbons (Fsp3) is 0.333. The smallest absolute Gasteiger partial charge is 0.251 e. The molecule has 2 rings (SSSR count). The lowest BCUT2D eigenvalue weighted by molar-refractivity contribution is -0.124. The summed E-state index contributed by atoms with van der Waals surface area (Å²) in [5, 5.41) is 5.84. The molecule has 0 spiro atoms. The predicted octanol–water partition coefficient (Wildman–Crippen LogP) is 3.46. The Balaban J connectivity index is 2.05. The molecule has 4 heteroatoms. The Bertz CT molecular complexity index is 713. The van der Waals surface area contributed by atoms with Crippen LogP contribution in [0.3, 0.4) is 0 Å². The highest BCUT2D eigenvalue weighted by atomic mass is 16.2. The van der Waals surface area contributed by atoms with Crippen LogP contribution in [0.2, 0.25) is 0 Å². The largest absolute Gasteiger partial charge is 0.350 e. The number of hydrogen-bond donors (Lipinski definition) is 2. The van der Waals surface area contributed by atoms with Gasteiger partial charge in [-0.15, -0.1) is 0 Å². The van der Waals surface area contributed by atoms with E-state index in [0.29, 0.717) is 12.1 Å². The van der Waals surface area contributed by atoms with E-state index < -0.39 is 6.04 Å². The second kappa shape index (κ2) is 9.02. The lowest BCUT2D eigenvalue weighted by Crippen LogP contribution is -2.50. The normalized spacial score (nSPS) is 12.9. The number of hydrogen-bond acceptors (Lipinski definition) is 2. The molecule has 0 saturated heterocycles. The number of rotatable bonds is 7. The van der Waals surface area contributed by atoms with Gasteiger partial charge in [-0.25, -0.2) is 0 Å². The summed E-state index contributed by atoms with van der Waals surface area (Å²) < 4.78 is 0. The molecule has 0 radical (unpaired) electrons. The summed E-state index contributed by atoms with van der Waals surface area (Å²) in [4.78, 5) is 25.1. The molecule has 4 nitrogen and oxygen atoms in total. The molecule has 0 fully saturated rings. The van der Waals surface area contributed by atoms with Crippen LogP contribution >= 0.6 is 0 Å². The Kier molecular flexibility index (Phi) is 6.75. The molecule has 2 N–H and O–H groups in total. The van der Waals surface area contributed by atoms with Crippen molar-refractivity contribution in [2.45, 2.75) is 39.8 Å². The van der Waals surface area contributed by atoms with Gasteiger partial charge in [0, 0.05) is 12.1 Å². The molecule has 25 heavy (non-hydrogen) atoms. The third-order valence-electron chi connectivity index (χ3n) is 4.53. The Morgan fingerprint density at radius 3 is 2.28 bits per heavy atom. The lowest BCUT2D eigenvalue weighted by atomic mass is 9.97. The SMILES string of the molecule is CCC(C)C(NC(=O)c1ccccc1)C(=O)NCc1ccccc1C. The molecular formula is C21H26N2O2. The summed E-state index contributed by atoms with van der Waals surface area (Å²) in [5.41, 5.74) is 2.77. The van der Waals surface area contributed by atoms with E-state index in [4.69, 9.17) is 0 Å². The Morgan fingerprint density at radius 1 is 1.00 bits per heavy atom. The van der Waals surface area contributed by atoms with Gasteiger partial charge in [0.25, 0.3) is 5.91 Å². The Labute approximate surface area is 149 Å². The van der Waals surface area contributed by atoms with Crippen LogP contribution in [0.15, 0.2) is 54.6 Å². The van der Waals surface area contributed by atoms with Crippen molar-refractivity contribution < 1.29 is 9.59 Å². The molecule has 0 saturated carbocycles. The Hall–Kier alpha value is -2.62. The Morgan fingerprint density at radius 2 is 1.64 bits per heavy atom. The highest BCUT2D eigenvalue weighted by Gasteiger charge is 2.26. The summed E-state index contributed by atoms with van der Waals surface area (Å²) in [6, 6.07) is 16.4. The van der Waals surface area contributed by atoms with E-state index >= 15 is 0 Å². The first-order chi connectivity index (χ1) is 12.0. The maximum absolute atomic E-state index is 12.7. The van der Waals surface area contributed by atoms with Crippen LogP contribution in [0.25, 0.3) is 0 Å². The van der Waals surface area contributed by atoms with Crippen LogP contribution in [0.5, 0.6) is 0 Å². The molecule has 0 aromatic heterocycles. The number of benzene rings is 2. The average molecular weight is 338 g/mol. The molecular weight excluding hydrogens is 312 g/mol. The fourth-order valence-corrected chi connectivity index (χ4v) is 2.62. The summed E-state index contributed by atoms with van der Waals surface area (Å²) >= 11 is 0. The van der Waals surface area contributed by atoms with Crippen molar-refractivity contribution in [1.29, 1.82) is 0 Å². The first kappa shape index (κ1) is 18.7. The molecule has 2 unspecified atom stereocenters. The summed E-state index contributed by atoms with van der Waals surface area (Å²) in [6.07, 6.45) is 0.803. The van der Waals surface area contributed by atoms with Gasteiger partial charge in [0.15, 0.2) is 0 Å². The van der Waals surface area contributed by atoms with E-state index in [1.54, 1.807) is 12.1 Å². The van der Waals surface area contributed by atoms with E-state index in [2.05, 4.69) is 10.6 Å². The quantitative estimate of drug-likeness (QED) is 0.812. The van der Waals surface area contributed by atoms with Gasteiger partial charge in [-0.05, 0) is 36.1 Å². The molecule has 2 atom stereocenters. The van der Waals surface area contributed by atoms with Gasteiger partial charge in [0.1, 0.15) is 6.04 Å². The molecule has 2 aromatic rings. The number of carbonyl (C=O) groups is 2. The molecule has 2 amide bonds. The van der Waals surface area contributed by atoms with Crippen molar-refractivity contribution in [3.05, 3.63) is 71.3 Å².